The van der Waals surface area contributed by atoms with Crippen LogP contribution in [-0.2, 0) is 6.18 Å². The fourth-order valence-corrected chi connectivity index (χ4v) is 3.23. The molecule has 1 aliphatic rings. The van der Waals surface area contributed by atoms with Crippen molar-refractivity contribution in [1.82, 2.24) is 4.90 Å². The fourth-order valence-electron chi connectivity index (χ4n) is 3.01. The summed E-state index contributed by atoms with van der Waals surface area (Å²) in [5.41, 5.74) is 10.8. The van der Waals surface area contributed by atoms with Crippen LogP contribution in [0.1, 0.15) is 38.7 Å². The zero-order chi connectivity index (χ0) is 18.8. The molecule has 1 fully saturated rings. The van der Waals surface area contributed by atoms with Crippen molar-refractivity contribution < 1.29 is 13.2 Å². The van der Waals surface area contributed by atoms with Gasteiger partial charge in [-0.15, -0.1) is 12.4 Å². The van der Waals surface area contributed by atoms with Crippen molar-refractivity contribution in [1.29, 1.82) is 0 Å². The van der Waals surface area contributed by atoms with Crippen LogP contribution in [0.15, 0.2) is 28.2 Å². The fraction of sp³-hybridized carbons (Fsp3) is 0.500. The van der Waals surface area contributed by atoms with Crippen LogP contribution in [0.25, 0.3) is 0 Å². The van der Waals surface area contributed by atoms with Gasteiger partial charge in [-0.1, -0.05) is 11.6 Å². The maximum absolute atomic E-state index is 12.9. The lowest BCUT2D eigenvalue weighted by Gasteiger charge is -2.39. The highest BCUT2D eigenvalue weighted by atomic mass is 35.5. The molecule has 0 aromatic heterocycles. The summed E-state index contributed by atoms with van der Waals surface area (Å²) < 4.78 is 38.7. The molecular weight excluding hydrogens is 390 g/mol. The minimum atomic E-state index is -4.57. The van der Waals surface area contributed by atoms with E-state index in [9.17, 15) is 13.2 Å². The second-order valence-electron chi connectivity index (χ2n) is 6.14. The number of nitrogens with two attached hydrogens (primary N) is 2. The van der Waals surface area contributed by atoms with Crippen molar-refractivity contribution in [3.63, 3.8) is 0 Å². The molecule has 0 radical (unpaired) electrons. The number of hydrogen-bond acceptors (Lipinski definition) is 1. The first-order valence-corrected chi connectivity index (χ1v) is 8.30. The van der Waals surface area contributed by atoms with Crippen LogP contribution in [0.3, 0.4) is 0 Å². The average Bonchev–Trinajstić information content (AvgIpc) is 2.47. The summed E-state index contributed by atoms with van der Waals surface area (Å²) in [5, 5.41) is -0.399. The number of piperidine rings is 1. The molecule has 1 aromatic carbocycles. The molecule has 1 aliphatic heterocycles. The topological polar surface area (TPSA) is 80.0 Å². The predicted molar refractivity (Wildman–Crippen MR) is 101 cm³/mol. The number of guanidine groups is 2. The van der Waals surface area contributed by atoms with Gasteiger partial charge in [0.2, 0.25) is 5.96 Å². The van der Waals surface area contributed by atoms with E-state index in [-0.39, 0.29) is 42.1 Å². The lowest BCUT2D eigenvalue weighted by Crippen LogP contribution is -2.51. The number of likely N-dealkylation sites (tertiary alicyclic amines) is 1. The quantitative estimate of drug-likeness (QED) is 0.533. The minimum Gasteiger partial charge on any atom is -0.369 e. The standard InChI is InChI=1S/C16H21ClF3N5.ClH/c1-9-4-3-5-10(2)25(9)15(22)24-14(21)23-11-6-7-13(17)12(8-11)16(18,19)20;/h6-10H,3-5H2,1-2H3,(H4,21,22,23,24);1H. The third-order valence-corrected chi connectivity index (χ3v) is 4.52. The Morgan fingerprint density at radius 3 is 2.31 bits per heavy atom. The first kappa shape index (κ1) is 22.4. The summed E-state index contributed by atoms with van der Waals surface area (Å²) in [5.74, 6) is 0.00359. The van der Waals surface area contributed by atoms with Crippen LogP contribution in [0.2, 0.25) is 5.02 Å². The molecule has 0 saturated carbocycles. The van der Waals surface area contributed by atoms with E-state index in [0.717, 1.165) is 31.4 Å². The Morgan fingerprint density at radius 2 is 1.77 bits per heavy atom. The largest absolute Gasteiger partial charge is 0.417 e. The Kier molecular flexibility index (Phi) is 7.58. The molecule has 0 aliphatic carbocycles. The van der Waals surface area contributed by atoms with E-state index in [4.69, 9.17) is 23.1 Å². The van der Waals surface area contributed by atoms with Gasteiger partial charge in [-0.2, -0.15) is 18.2 Å². The normalized spacial score (nSPS) is 22.2. The van der Waals surface area contributed by atoms with Crippen LogP contribution in [-0.4, -0.2) is 28.9 Å². The Bertz CT molecular complexity index is 681. The number of alkyl halides is 3. The van der Waals surface area contributed by atoms with Crippen molar-refractivity contribution >= 4 is 41.6 Å². The predicted octanol–water partition coefficient (Wildman–Crippen LogP) is 4.30. The van der Waals surface area contributed by atoms with Gasteiger partial charge in [0.1, 0.15) is 0 Å². The Hall–Kier alpha value is -1.67. The third-order valence-electron chi connectivity index (χ3n) is 4.19. The second kappa shape index (κ2) is 8.81. The molecule has 2 atom stereocenters. The lowest BCUT2D eigenvalue weighted by atomic mass is 9.98. The summed E-state index contributed by atoms with van der Waals surface area (Å²) in [6, 6.07) is 3.72. The van der Waals surface area contributed by atoms with E-state index in [1.54, 1.807) is 0 Å². The summed E-state index contributed by atoms with van der Waals surface area (Å²) in [6.45, 7) is 4.08. The first-order valence-electron chi connectivity index (χ1n) is 7.93. The molecule has 0 amide bonds. The summed E-state index contributed by atoms with van der Waals surface area (Å²) in [4.78, 5) is 9.90. The van der Waals surface area contributed by atoms with E-state index in [0.29, 0.717) is 0 Å². The smallest absolute Gasteiger partial charge is 0.369 e. The van der Waals surface area contributed by atoms with Gasteiger partial charge in [-0.25, -0.2) is 4.99 Å². The molecule has 5 nitrogen and oxygen atoms in total. The van der Waals surface area contributed by atoms with Crippen molar-refractivity contribution in [2.75, 3.05) is 0 Å². The SMILES string of the molecule is CC1CCCC(C)N1C(N)=NC(N)=Nc1ccc(Cl)c(C(F)(F)F)c1.Cl. The maximum atomic E-state index is 12.9. The Balaban J connectivity index is 0.00000338. The molecule has 2 unspecified atom stereocenters. The van der Waals surface area contributed by atoms with Gasteiger partial charge in [0, 0.05) is 12.1 Å². The molecule has 146 valence electrons. The van der Waals surface area contributed by atoms with Crippen LogP contribution in [0.5, 0.6) is 0 Å². The lowest BCUT2D eigenvalue weighted by molar-refractivity contribution is -0.137. The van der Waals surface area contributed by atoms with E-state index in [1.165, 1.54) is 6.07 Å². The van der Waals surface area contributed by atoms with Crippen molar-refractivity contribution in [2.24, 2.45) is 21.5 Å². The summed E-state index contributed by atoms with van der Waals surface area (Å²) >= 11 is 5.58. The molecule has 1 aromatic rings. The van der Waals surface area contributed by atoms with Gasteiger partial charge >= 0.3 is 6.18 Å². The zero-order valence-corrected chi connectivity index (χ0v) is 16.0. The van der Waals surface area contributed by atoms with Crippen molar-refractivity contribution in [3.05, 3.63) is 28.8 Å². The Labute approximate surface area is 161 Å². The molecule has 4 N–H and O–H groups in total. The third kappa shape index (κ3) is 5.41. The zero-order valence-electron chi connectivity index (χ0n) is 14.4. The highest BCUT2D eigenvalue weighted by Crippen LogP contribution is 2.36. The van der Waals surface area contributed by atoms with Crippen LogP contribution < -0.4 is 11.5 Å². The van der Waals surface area contributed by atoms with Crippen molar-refractivity contribution in [3.8, 4) is 0 Å². The molecule has 2 rings (SSSR count). The number of rotatable bonds is 1. The molecule has 10 heteroatoms. The van der Waals surface area contributed by atoms with Gasteiger partial charge in [0.15, 0.2) is 5.96 Å². The highest BCUT2D eigenvalue weighted by Gasteiger charge is 2.33. The van der Waals surface area contributed by atoms with Crippen molar-refractivity contribution in [2.45, 2.75) is 51.4 Å². The number of nitrogens with zero attached hydrogens (tertiary/aromatic N) is 3. The molecule has 26 heavy (non-hydrogen) atoms. The van der Waals surface area contributed by atoms with E-state index >= 15 is 0 Å². The molecule has 0 bridgehead atoms. The van der Waals surface area contributed by atoms with E-state index in [1.807, 2.05) is 18.7 Å². The summed E-state index contributed by atoms with van der Waals surface area (Å²) in [7, 11) is 0. The number of halogens is 5. The molecular formula is C16H22Cl2F3N5. The van der Waals surface area contributed by atoms with Gasteiger partial charge in [0.05, 0.1) is 16.3 Å². The van der Waals surface area contributed by atoms with Crippen LogP contribution >= 0.6 is 24.0 Å². The van der Waals surface area contributed by atoms with Gasteiger partial charge in [0.25, 0.3) is 0 Å². The Morgan fingerprint density at radius 1 is 1.19 bits per heavy atom. The van der Waals surface area contributed by atoms with Gasteiger partial charge in [-0.3, -0.25) is 0 Å². The monoisotopic (exact) mass is 411 g/mol. The second-order valence-corrected chi connectivity index (χ2v) is 6.55. The van der Waals surface area contributed by atoms with Gasteiger partial charge < -0.3 is 16.4 Å². The van der Waals surface area contributed by atoms with E-state index < -0.39 is 16.8 Å². The van der Waals surface area contributed by atoms with Gasteiger partial charge in [-0.05, 0) is 51.3 Å². The summed E-state index contributed by atoms with van der Waals surface area (Å²) in [6.07, 6.45) is -1.48. The minimum absolute atomic E-state index is 0. The highest BCUT2D eigenvalue weighted by molar-refractivity contribution is 6.31. The van der Waals surface area contributed by atoms with E-state index in [2.05, 4.69) is 9.98 Å². The van der Waals surface area contributed by atoms with Crippen LogP contribution in [0.4, 0.5) is 18.9 Å². The molecule has 1 heterocycles. The number of benzene rings is 1. The van der Waals surface area contributed by atoms with Crippen LogP contribution in [0, 0.1) is 0 Å². The average molecular weight is 412 g/mol. The number of hydrogen-bond donors (Lipinski definition) is 2. The molecule has 0 spiro atoms. The number of aliphatic imine (C=N–C) groups is 2. The first-order chi connectivity index (χ1) is 11.6. The molecule has 1 saturated heterocycles. The maximum Gasteiger partial charge on any atom is 0.417 e.